The molecule has 6 rings (SSSR count). The Morgan fingerprint density at radius 1 is 1.03 bits per heavy atom. The molecule has 6 aromatic rings. The first-order valence-electron chi connectivity index (χ1n) is 10.7. The Hall–Kier alpha value is -3.82. The van der Waals surface area contributed by atoms with Gasteiger partial charge in [-0.05, 0) is 24.6 Å². The fourth-order valence-electron chi connectivity index (χ4n) is 3.89. The maximum Gasteiger partial charge on any atom is 0.260 e. The van der Waals surface area contributed by atoms with E-state index in [1.54, 1.807) is 17.2 Å². The third-order valence-electron chi connectivity index (χ3n) is 5.55. The summed E-state index contributed by atoms with van der Waals surface area (Å²) in [5.74, 6) is 0.617. The highest BCUT2D eigenvalue weighted by molar-refractivity contribution is 7.99. The van der Waals surface area contributed by atoms with E-state index >= 15 is 0 Å². The van der Waals surface area contributed by atoms with Crippen molar-refractivity contribution in [2.24, 2.45) is 0 Å². The molecule has 4 aromatic heterocycles. The molecule has 0 aliphatic rings. The summed E-state index contributed by atoms with van der Waals surface area (Å²) >= 11 is 3.01. The van der Waals surface area contributed by atoms with Gasteiger partial charge in [0.25, 0.3) is 5.56 Å². The summed E-state index contributed by atoms with van der Waals surface area (Å²) in [6, 6.07) is 19.8. The Morgan fingerprint density at radius 2 is 1.79 bits per heavy atom. The molecule has 0 saturated heterocycles. The van der Waals surface area contributed by atoms with Crippen molar-refractivity contribution < 1.29 is 0 Å². The lowest BCUT2D eigenvalue weighted by atomic mass is 10.1. The van der Waals surface area contributed by atoms with E-state index in [1.165, 1.54) is 23.1 Å². The van der Waals surface area contributed by atoms with Gasteiger partial charge in [-0.15, -0.1) is 11.3 Å². The number of aromatic amines is 1. The van der Waals surface area contributed by atoms with E-state index in [1.807, 2.05) is 73.0 Å². The van der Waals surface area contributed by atoms with Crippen LogP contribution in [0, 0.1) is 0 Å². The Labute approximate surface area is 202 Å². The molecular weight excluding hydrogens is 464 g/mol. The van der Waals surface area contributed by atoms with Crippen LogP contribution in [0.5, 0.6) is 0 Å². The molecule has 0 aliphatic carbocycles. The highest BCUT2D eigenvalue weighted by Crippen LogP contribution is 2.37. The Kier molecular flexibility index (Phi) is 5.20. The minimum Gasteiger partial charge on any atom is -0.309 e. The zero-order chi connectivity index (χ0) is 23.1. The van der Waals surface area contributed by atoms with E-state index in [2.05, 4.69) is 20.1 Å². The van der Waals surface area contributed by atoms with E-state index in [4.69, 9.17) is 4.98 Å². The van der Waals surface area contributed by atoms with Gasteiger partial charge in [-0.25, -0.2) is 19.6 Å². The molecule has 0 fully saturated rings. The number of thioether (sulfide) groups is 1. The third-order valence-corrected chi connectivity index (χ3v) is 7.55. The molecule has 0 radical (unpaired) electrons. The van der Waals surface area contributed by atoms with E-state index in [0.717, 1.165) is 37.7 Å². The molecule has 1 N–H and O–H groups in total. The number of H-pyrrole nitrogens is 1. The highest BCUT2D eigenvalue weighted by atomic mass is 32.2. The highest BCUT2D eigenvalue weighted by Gasteiger charge is 2.19. The van der Waals surface area contributed by atoms with Crippen LogP contribution in [0.3, 0.4) is 0 Å². The van der Waals surface area contributed by atoms with Crippen LogP contribution in [0.2, 0.25) is 0 Å². The molecule has 7 nitrogen and oxygen atoms in total. The van der Waals surface area contributed by atoms with Crippen LogP contribution < -0.4 is 5.56 Å². The van der Waals surface area contributed by atoms with Crippen LogP contribution in [0.15, 0.2) is 88.4 Å². The lowest BCUT2D eigenvalue weighted by Gasteiger charge is -2.11. The number of rotatable bonds is 5. The Morgan fingerprint density at radius 3 is 2.59 bits per heavy atom. The Balaban J connectivity index is 1.35. The van der Waals surface area contributed by atoms with Gasteiger partial charge in [-0.1, -0.05) is 60.3 Å². The van der Waals surface area contributed by atoms with Gasteiger partial charge in [0, 0.05) is 10.9 Å². The zero-order valence-corrected chi connectivity index (χ0v) is 19.7. The van der Waals surface area contributed by atoms with E-state index in [-0.39, 0.29) is 10.8 Å². The number of benzene rings is 2. The molecule has 2 aromatic carbocycles. The molecule has 1 atom stereocenters. The molecule has 0 amide bonds. The van der Waals surface area contributed by atoms with Crippen LogP contribution >= 0.6 is 23.1 Å². The first kappa shape index (κ1) is 20.8. The number of thiophene rings is 1. The van der Waals surface area contributed by atoms with Crippen molar-refractivity contribution in [1.82, 2.24) is 29.7 Å². The average molecular weight is 483 g/mol. The zero-order valence-electron chi connectivity index (χ0n) is 18.0. The minimum absolute atomic E-state index is 0.127. The van der Waals surface area contributed by atoms with E-state index in [0.29, 0.717) is 11.2 Å². The summed E-state index contributed by atoms with van der Waals surface area (Å²) in [6.45, 7) is 2.01. The summed E-state index contributed by atoms with van der Waals surface area (Å²) < 4.78 is 1.80. The number of hydrogen-bond donors (Lipinski definition) is 1. The SMILES string of the molecule is CC(Sc1ncnc2c1cnn2-c1ccccc1)c1nc2scc(-c3ccccc3)c2c(=O)[nH]1. The number of fused-ring (bicyclic) bond motifs is 2. The smallest absolute Gasteiger partial charge is 0.260 e. The van der Waals surface area contributed by atoms with Crippen molar-refractivity contribution in [2.75, 3.05) is 0 Å². The monoisotopic (exact) mass is 482 g/mol. The van der Waals surface area contributed by atoms with Gasteiger partial charge in [0.15, 0.2) is 5.65 Å². The summed E-state index contributed by atoms with van der Waals surface area (Å²) in [4.78, 5) is 30.5. The molecule has 0 spiro atoms. The first-order valence-corrected chi connectivity index (χ1v) is 12.4. The number of para-hydroxylation sites is 1. The standard InChI is InChI=1S/C25H18N6OS2/c1-15(21-29-23(32)20-19(13-33-25(20)30-21)16-8-4-2-5-9-16)34-24-18-12-28-31(22(18)26-14-27-24)17-10-6-3-7-11-17/h2-15H,1H3,(H,29,30,32). The van der Waals surface area contributed by atoms with Gasteiger partial charge in [0.05, 0.1) is 27.9 Å². The summed E-state index contributed by atoms with van der Waals surface area (Å²) in [7, 11) is 0. The van der Waals surface area contributed by atoms with Crippen LogP contribution in [0.1, 0.15) is 18.0 Å². The van der Waals surface area contributed by atoms with Crippen LogP contribution in [-0.2, 0) is 0 Å². The van der Waals surface area contributed by atoms with Gasteiger partial charge in [0.2, 0.25) is 0 Å². The quantitative estimate of drug-likeness (QED) is 0.253. The average Bonchev–Trinajstić information content (AvgIpc) is 3.51. The molecular formula is C25H18N6OS2. The Bertz CT molecular complexity index is 1670. The second-order valence-electron chi connectivity index (χ2n) is 7.71. The molecule has 0 saturated carbocycles. The van der Waals surface area contributed by atoms with Gasteiger partial charge in [0.1, 0.15) is 22.0 Å². The van der Waals surface area contributed by atoms with Crippen molar-refractivity contribution in [3.05, 3.63) is 94.7 Å². The van der Waals surface area contributed by atoms with Crippen LogP contribution in [0.25, 0.3) is 38.1 Å². The number of aromatic nitrogens is 6. The molecule has 4 heterocycles. The van der Waals surface area contributed by atoms with Crippen molar-refractivity contribution in [1.29, 1.82) is 0 Å². The van der Waals surface area contributed by atoms with Crippen LogP contribution in [0.4, 0.5) is 0 Å². The summed E-state index contributed by atoms with van der Waals surface area (Å²) in [5.41, 5.74) is 3.46. The van der Waals surface area contributed by atoms with Crippen molar-refractivity contribution in [3.8, 4) is 16.8 Å². The molecule has 0 bridgehead atoms. The number of nitrogens with zero attached hydrogens (tertiary/aromatic N) is 5. The van der Waals surface area contributed by atoms with Gasteiger partial charge < -0.3 is 4.98 Å². The fourth-order valence-corrected chi connectivity index (χ4v) is 5.78. The lowest BCUT2D eigenvalue weighted by molar-refractivity contribution is 0.893. The largest absolute Gasteiger partial charge is 0.309 e. The number of hydrogen-bond acceptors (Lipinski definition) is 7. The lowest BCUT2D eigenvalue weighted by Crippen LogP contribution is -2.12. The normalized spacial score (nSPS) is 12.4. The maximum atomic E-state index is 13.0. The molecule has 166 valence electrons. The maximum absolute atomic E-state index is 13.0. The van der Waals surface area contributed by atoms with Gasteiger partial charge in [-0.2, -0.15) is 5.10 Å². The van der Waals surface area contributed by atoms with Crippen molar-refractivity contribution >= 4 is 44.3 Å². The number of nitrogens with one attached hydrogen (secondary N) is 1. The van der Waals surface area contributed by atoms with Gasteiger partial charge >= 0.3 is 0 Å². The minimum atomic E-state index is -0.128. The second-order valence-corrected chi connectivity index (χ2v) is 9.90. The van der Waals surface area contributed by atoms with E-state index in [9.17, 15) is 4.79 Å². The second kappa shape index (κ2) is 8.51. The predicted molar refractivity (Wildman–Crippen MR) is 137 cm³/mol. The topological polar surface area (TPSA) is 89.3 Å². The molecule has 0 aliphatic heterocycles. The van der Waals surface area contributed by atoms with E-state index < -0.39 is 0 Å². The first-order chi connectivity index (χ1) is 16.7. The van der Waals surface area contributed by atoms with Gasteiger partial charge in [-0.3, -0.25) is 4.79 Å². The third kappa shape index (κ3) is 3.59. The molecule has 9 heteroatoms. The fraction of sp³-hybridized carbons (Fsp3) is 0.0800. The summed E-state index contributed by atoms with van der Waals surface area (Å²) in [6.07, 6.45) is 3.32. The predicted octanol–water partition coefficient (Wildman–Crippen LogP) is 5.63. The molecule has 1 unspecified atom stereocenters. The molecule has 34 heavy (non-hydrogen) atoms. The summed E-state index contributed by atoms with van der Waals surface area (Å²) in [5, 5.41) is 8.67. The van der Waals surface area contributed by atoms with Crippen molar-refractivity contribution in [2.45, 2.75) is 17.2 Å². The van der Waals surface area contributed by atoms with Crippen LogP contribution in [-0.4, -0.2) is 29.7 Å². The van der Waals surface area contributed by atoms with Crippen molar-refractivity contribution in [3.63, 3.8) is 0 Å².